The highest BCUT2D eigenvalue weighted by molar-refractivity contribution is 5.49. The van der Waals surface area contributed by atoms with Crippen molar-refractivity contribution in [3.8, 4) is 23.0 Å². The number of piperidine rings is 4. The molecule has 8 heteroatoms. The van der Waals surface area contributed by atoms with Crippen LogP contribution in [-0.2, 0) is 47.3 Å². The molecule has 4 aromatic carbocycles. The molecule has 4 heterocycles. The van der Waals surface area contributed by atoms with Gasteiger partial charge in [0.15, 0.2) is 0 Å². The second-order valence-corrected chi connectivity index (χ2v) is 32.4. The van der Waals surface area contributed by atoms with Crippen molar-refractivity contribution in [1.29, 1.82) is 0 Å². The number of nitrogens with zero attached hydrogens (tertiary/aromatic N) is 4. The van der Waals surface area contributed by atoms with Crippen LogP contribution in [0.25, 0.3) is 0 Å². The van der Waals surface area contributed by atoms with Gasteiger partial charge in [-0.15, -0.1) is 6.58 Å². The molecular formula is C82H116N4O4. The predicted octanol–water partition coefficient (Wildman–Crippen LogP) is 17.2. The largest absolute Gasteiger partial charge is 0.508 e. The van der Waals surface area contributed by atoms with Gasteiger partial charge in [-0.3, -0.25) is 19.6 Å². The smallest absolute Gasteiger partial charge is 0.115 e. The van der Waals surface area contributed by atoms with Crippen LogP contribution in [0.5, 0.6) is 23.0 Å². The minimum atomic E-state index is 0.326. The molecule has 16 atom stereocenters. The Morgan fingerprint density at radius 3 is 1.08 bits per heavy atom. The number of rotatable bonds is 9. The van der Waals surface area contributed by atoms with E-state index in [2.05, 4.69) is 122 Å². The molecule has 7 unspecified atom stereocenters. The summed E-state index contributed by atoms with van der Waals surface area (Å²) in [5.74, 6) is 5.98. The summed E-state index contributed by atoms with van der Waals surface area (Å²) in [6.45, 7) is 23.2. The van der Waals surface area contributed by atoms with Gasteiger partial charge >= 0.3 is 0 Å². The highest BCUT2D eigenvalue weighted by Gasteiger charge is 2.59. The Balaban J connectivity index is 0.000000105. The molecule has 8 nitrogen and oxygen atoms in total. The molecule has 8 bridgehead atoms. The monoisotopic (exact) mass is 1220 g/mol. The third-order valence-corrected chi connectivity index (χ3v) is 28.6. The van der Waals surface area contributed by atoms with Crippen LogP contribution in [-0.4, -0.2) is 115 Å². The first-order valence-electron chi connectivity index (χ1n) is 37.6. The number of hydrogen-bond acceptors (Lipinski definition) is 8. The molecule has 0 aromatic heterocycles. The Morgan fingerprint density at radius 2 is 0.744 bits per heavy atom. The van der Waals surface area contributed by atoms with E-state index in [-0.39, 0.29) is 0 Å². The summed E-state index contributed by atoms with van der Waals surface area (Å²) in [6.07, 6.45) is 40.5. The Labute approximate surface area is 543 Å². The highest BCUT2D eigenvalue weighted by Crippen LogP contribution is 2.61. The summed E-state index contributed by atoms with van der Waals surface area (Å²) in [5, 5.41) is 40.2. The summed E-state index contributed by atoms with van der Waals surface area (Å²) >= 11 is 0. The number of phenols is 4. The third-order valence-electron chi connectivity index (χ3n) is 28.6. The van der Waals surface area contributed by atoms with E-state index in [0.29, 0.717) is 68.8 Å². The molecule has 13 aliphatic rings. The molecule has 488 valence electrons. The van der Waals surface area contributed by atoms with Gasteiger partial charge < -0.3 is 20.4 Å². The minimum absolute atomic E-state index is 0.326. The van der Waals surface area contributed by atoms with Gasteiger partial charge in [0.2, 0.25) is 0 Å². The summed E-state index contributed by atoms with van der Waals surface area (Å²) < 4.78 is 0. The van der Waals surface area contributed by atoms with Crippen LogP contribution in [0, 0.1) is 29.6 Å². The van der Waals surface area contributed by atoms with Crippen LogP contribution in [0.1, 0.15) is 247 Å². The van der Waals surface area contributed by atoms with Crippen molar-refractivity contribution in [1.82, 2.24) is 19.6 Å². The van der Waals surface area contributed by atoms with E-state index in [9.17, 15) is 20.4 Å². The Morgan fingerprint density at radius 1 is 0.422 bits per heavy atom. The lowest BCUT2D eigenvalue weighted by Gasteiger charge is -2.60. The zero-order chi connectivity index (χ0) is 62.3. The van der Waals surface area contributed by atoms with E-state index < -0.39 is 0 Å². The number of aromatic hydroxyl groups is 4. The highest BCUT2D eigenvalue weighted by atomic mass is 16.3. The van der Waals surface area contributed by atoms with Crippen LogP contribution >= 0.6 is 0 Å². The van der Waals surface area contributed by atoms with Crippen LogP contribution in [0.15, 0.2) is 85.5 Å². The van der Waals surface area contributed by atoms with Crippen molar-refractivity contribution in [2.75, 3.05) is 26.2 Å². The fraction of sp³-hybridized carbons (Fsp3) is 0.683. The number of hydrogen-bond donors (Lipinski definition) is 4. The first kappa shape index (κ1) is 63.1. The van der Waals surface area contributed by atoms with Gasteiger partial charge in [0.25, 0.3) is 0 Å². The molecule has 5 saturated carbocycles. The maximum Gasteiger partial charge on any atom is 0.115 e. The summed E-state index contributed by atoms with van der Waals surface area (Å²) in [5.41, 5.74) is 13.4. The molecule has 0 amide bonds. The van der Waals surface area contributed by atoms with Crippen molar-refractivity contribution in [2.45, 2.75) is 298 Å². The summed E-state index contributed by atoms with van der Waals surface area (Å²) in [4.78, 5) is 11.2. The van der Waals surface area contributed by atoms with Gasteiger partial charge in [0.05, 0.1) is 0 Å². The number of likely N-dealkylation sites (tertiary alicyclic amines) is 4. The van der Waals surface area contributed by atoms with Crippen LogP contribution < -0.4 is 0 Å². The topological polar surface area (TPSA) is 93.9 Å². The molecule has 4 saturated heterocycles. The van der Waals surface area contributed by atoms with Crippen molar-refractivity contribution < 1.29 is 20.4 Å². The number of fused-ring (bicyclic) bond motifs is 4. The summed E-state index contributed by atoms with van der Waals surface area (Å²) in [7, 11) is 0. The molecule has 4 N–H and O–H groups in total. The maximum absolute atomic E-state index is 10.1. The quantitative estimate of drug-likeness (QED) is 0.123. The molecular weight excluding hydrogens is 1100 g/mol. The van der Waals surface area contributed by atoms with Crippen molar-refractivity contribution >= 4 is 0 Å². The molecule has 4 aliphatic heterocycles. The van der Waals surface area contributed by atoms with E-state index in [1.54, 1.807) is 0 Å². The molecule has 90 heavy (non-hydrogen) atoms. The van der Waals surface area contributed by atoms with Gasteiger partial charge in [0, 0.05) is 70.0 Å². The third kappa shape index (κ3) is 10.8. The van der Waals surface area contributed by atoms with E-state index in [1.807, 2.05) is 24.3 Å². The van der Waals surface area contributed by atoms with E-state index in [4.69, 9.17) is 0 Å². The van der Waals surface area contributed by atoms with Crippen molar-refractivity contribution in [2.24, 2.45) is 29.6 Å². The van der Waals surface area contributed by atoms with Gasteiger partial charge in [-0.05, 0) is 305 Å². The fourth-order valence-corrected chi connectivity index (χ4v) is 24.0. The first-order chi connectivity index (χ1) is 43.6. The molecule has 9 aliphatic carbocycles. The molecule has 0 radical (unpaired) electrons. The van der Waals surface area contributed by atoms with Crippen molar-refractivity contribution in [3.05, 3.63) is 130 Å². The Bertz CT molecular complexity index is 3210. The number of benzene rings is 4. The second kappa shape index (κ2) is 25.4. The van der Waals surface area contributed by atoms with Crippen LogP contribution in [0.3, 0.4) is 0 Å². The SMILES string of the molecule is C=C[C@@H](C)N1CC[C@]23CCCCC2C1Cc1ccc(O)cc13.CCC[C@@H](C)N1CC[C@]23CCCCC2C1Cc1ccc(O)cc13.CC[C@@H](C)N1CC[C@]23CCCCC2C1Cc1ccc(O)cc13.C[C@H](C1CC1)N1CC[C@]23CCCC[C@H]2C1Cc1ccc(O)cc13. The van der Waals surface area contributed by atoms with E-state index >= 15 is 0 Å². The lowest BCUT2D eigenvalue weighted by atomic mass is 9.52. The minimum Gasteiger partial charge on any atom is -0.508 e. The van der Waals surface area contributed by atoms with Gasteiger partial charge in [-0.2, -0.15) is 0 Å². The zero-order valence-corrected chi connectivity index (χ0v) is 56.6. The lowest BCUT2D eigenvalue weighted by Crippen LogP contribution is -2.62. The summed E-state index contributed by atoms with van der Waals surface area (Å²) in [6, 6.07) is 30.3. The second-order valence-electron chi connectivity index (χ2n) is 32.4. The molecule has 9 fully saturated rings. The molecule has 0 spiro atoms. The lowest BCUT2D eigenvalue weighted by molar-refractivity contribution is -0.0343. The van der Waals surface area contributed by atoms with Crippen molar-refractivity contribution in [3.63, 3.8) is 0 Å². The van der Waals surface area contributed by atoms with E-state index in [0.717, 1.165) is 60.2 Å². The molecule has 4 aromatic rings. The fourth-order valence-electron chi connectivity index (χ4n) is 24.0. The van der Waals surface area contributed by atoms with Gasteiger partial charge in [-0.25, -0.2) is 0 Å². The first-order valence-corrected chi connectivity index (χ1v) is 37.6. The average molecular weight is 1220 g/mol. The van der Waals surface area contributed by atoms with E-state index in [1.165, 1.54) is 250 Å². The van der Waals surface area contributed by atoms with Crippen LogP contribution in [0.4, 0.5) is 0 Å². The average Bonchev–Trinajstić information content (AvgIpc) is 0.908. The van der Waals surface area contributed by atoms with Crippen LogP contribution in [0.2, 0.25) is 0 Å². The normalized spacial score (nSPS) is 35.8. The zero-order valence-electron chi connectivity index (χ0n) is 56.6. The number of phenolic OH excluding ortho intramolecular Hbond substituents is 4. The van der Waals surface area contributed by atoms with Gasteiger partial charge in [0.1, 0.15) is 23.0 Å². The molecule has 17 rings (SSSR count). The maximum atomic E-state index is 10.1. The predicted molar refractivity (Wildman–Crippen MR) is 368 cm³/mol. The standard InChI is InChI=1S/C21H29NO.C21H31NO.C20H29NO.C20H27NO/c1-14(15-5-6-15)22-11-10-21-9-3-2-4-18(21)20(22)12-16-7-8-17(23)13-19(16)21;1-3-6-15(2)22-12-11-21-10-5-4-7-18(21)20(22)13-16-8-9-17(23)14-19(16)21;2*1-3-14(2)21-11-10-20-9-5-4-6-17(20)19(21)12-15-7-8-16(22)13-18(15)20/h7-8,13-15,18,20,23H,2-6,9-12H2,1H3;8-9,14-15,18,20,23H,3-7,10-13H2,1-2H3;7-8,13-14,17,19,22H,3-6,9-12H2,1-2H3;3,7-8,13-14,17,19,22H,1,4-6,9-12H2,2H3/t14-,18+,20?,21-;15-,18?,20?,21-;2*14-,17?,19?,20-/m1111/s1. The Kier molecular flexibility index (Phi) is 17.8. The Hall–Kier alpha value is -4.34. The van der Waals surface area contributed by atoms with Gasteiger partial charge in [-0.1, -0.05) is 102 Å².